The lowest BCUT2D eigenvalue weighted by Gasteiger charge is -2.14. The highest BCUT2D eigenvalue weighted by atomic mass is 16.5. The van der Waals surface area contributed by atoms with Crippen LogP contribution < -0.4 is 24.8 Å². The first-order valence-corrected chi connectivity index (χ1v) is 7.69. The van der Waals surface area contributed by atoms with E-state index in [2.05, 4.69) is 20.6 Å². The number of nitrogens with one attached hydrogen (secondary N) is 2. The van der Waals surface area contributed by atoms with Gasteiger partial charge in [-0.25, -0.2) is 9.97 Å². The summed E-state index contributed by atoms with van der Waals surface area (Å²) >= 11 is 0. The van der Waals surface area contributed by atoms with Crippen molar-refractivity contribution in [3.05, 3.63) is 30.1 Å². The lowest BCUT2D eigenvalue weighted by atomic mass is 10.2. The maximum absolute atomic E-state index is 12.5. The van der Waals surface area contributed by atoms with Gasteiger partial charge in [0.2, 0.25) is 11.7 Å². The van der Waals surface area contributed by atoms with Crippen molar-refractivity contribution in [3.63, 3.8) is 0 Å². The molecule has 0 fully saturated rings. The Morgan fingerprint density at radius 1 is 1.08 bits per heavy atom. The van der Waals surface area contributed by atoms with Crippen LogP contribution in [0.25, 0.3) is 0 Å². The molecule has 1 heterocycles. The van der Waals surface area contributed by atoms with E-state index in [1.54, 1.807) is 18.2 Å². The van der Waals surface area contributed by atoms with Crippen LogP contribution in [0.15, 0.2) is 24.4 Å². The molecule has 0 unspecified atom stereocenters. The van der Waals surface area contributed by atoms with E-state index in [1.165, 1.54) is 27.5 Å². The summed E-state index contributed by atoms with van der Waals surface area (Å²) in [5, 5.41) is 5.82. The molecule has 0 bridgehead atoms. The molecule has 2 aromatic rings. The standard InChI is InChI=1S/C17H22N4O4/c1-10(2)19-17-18-7-6-12(21-17)16(22)20-11-8-13(23-3)15(25-5)14(9-11)24-4/h6-10H,1-5H3,(H,20,22)(H,18,19,21). The highest BCUT2D eigenvalue weighted by molar-refractivity contribution is 6.03. The Balaban J connectivity index is 2.26. The van der Waals surface area contributed by atoms with Crippen LogP contribution in [0, 0.1) is 0 Å². The summed E-state index contributed by atoms with van der Waals surface area (Å²) < 4.78 is 15.8. The molecule has 134 valence electrons. The quantitative estimate of drug-likeness (QED) is 0.795. The number of anilines is 2. The van der Waals surface area contributed by atoms with Gasteiger partial charge in [-0.3, -0.25) is 4.79 Å². The van der Waals surface area contributed by atoms with Gasteiger partial charge >= 0.3 is 0 Å². The summed E-state index contributed by atoms with van der Waals surface area (Å²) in [6, 6.07) is 4.99. The first-order valence-electron chi connectivity index (χ1n) is 7.69. The fraction of sp³-hybridized carbons (Fsp3) is 0.353. The molecule has 1 aromatic carbocycles. The van der Waals surface area contributed by atoms with Crippen molar-refractivity contribution in [3.8, 4) is 17.2 Å². The van der Waals surface area contributed by atoms with Crippen molar-refractivity contribution in [1.82, 2.24) is 9.97 Å². The van der Waals surface area contributed by atoms with Gasteiger partial charge in [0.1, 0.15) is 5.69 Å². The maximum Gasteiger partial charge on any atom is 0.274 e. The highest BCUT2D eigenvalue weighted by Crippen LogP contribution is 2.39. The first-order chi connectivity index (χ1) is 12.0. The number of aromatic nitrogens is 2. The van der Waals surface area contributed by atoms with Gasteiger partial charge in [0.05, 0.1) is 21.3 Å². The van der Waals surface area contributed by atoms with Crippen LogP contribution in [-0.2, 0) is 0 Å². The summed E-state index contributed by atoms with van der Waals surface area (Å²) in [4.78, 5) is 20.8. The second-order valence-corrected chi connectivity index (χ2v) is 5.43. The van der Waals surface area contributed by atoms with Crippen molar-refractivity contribution >= 4 is 17.5 Å². The number of amides is 1. The summed E-state index contributed by atoms with van der Waals surface area (Å²) in [5.41, 5.74) is 0.739. The van der Waals surface area contributed by atoms with Crippen LogP contribution in [-0.4, -0.2) is 43.2 Å². The molecular weight excluding hydrogens is 324 g/mol. The molecule has 1 amide bonds. The van der Waals surface area contributed by atoms with E-state index in [4.69, 9.17) is 14.2 Å². The topological polar surface area (TPSA) is 94.6 Å². The Labute approximate surface area is 146 Å². The van der Waals surface area contributed by atoms with Crippen LogP contribution in [0.3, 0.4) is 0 Å². The van der Waals surface area contributed by atoms with Crippen molar-refractivity contribution in [2.24, 2.45) is 0 Å². The third-order valence-corrected chi connectivity index (χ3v) is 3.23. The summed E-state index contributed by atoms with van der Waals surface area (Å²) in [6.07, 6.45) is 1.53. The highest BCUT2D eigenvalue weighted by Gasteiger charge is 2.16. The molecule has 0 aliphatic rings. The zero-order valence-electron chi connectivity index (χ0n) is 14.9. The number of nitrogens with zero attached hydrogens (tertiary/aromatic N) is 2. The van der Waals surface area contributed by atoms with Crippen LogP contribution in [0.4, 0.5) is 11.6 Å². The van der Waals surface area contributed by atoms with Crippen molar-refractivity contribution in [1.29, 1.82) is 0 Å². The number of benzene rings is 1. The number of rotatable bonds is 7. The van der Waals surface area contributed by atoms with E-state index >= 15 is 0 Å². The molecule has 0 radical (unpaired) electrons. The third-order valence-electron chi connectivity index (χ3n) is 3.23. The number of methoxy groups -OCH3 is 3. The number of ether oxygens (including phenoxy) is 3. The minimum absolute atomic E-state index is 0.161. The van der Waals surface area contributed by atoms with Gasteiger partial charge in [0, 0.05) is 30.1 Å². The van der Waals surface area contributed by atoms with E-state index in [0.29, 0.717) is 28.9 Å². The SMILES string of the molecule is COc1cc(NC(=O)c2ccnc(NC(C)C)n2)cc(OC)c1OC. The molecule has 2 N–H and O–H groups in total. The monoisotopic (exact) mass is 346 g/mol. The van der Waals surface area contributed by atoms with E-state index in [-0.39, 0.29) is 17.6 Å². The molecule has 0 saturated heterocycles. The zero-order chi connectivity index (χ0) is 18.4. The largest absolute Gasteiger partial charge is 0.493 e. The average molecular weight is 346 g/mol. The van der Waals surface area contributed by atoms with Gasteiger partial charge in [0.15, 0.2) is 11.5 Å². The maximum atomic E-state index is 12.5. The van der Waals surface area contributed by atoms with Crippen molar-refractivity contribution in [2.75, 3.05) is 32.0 Å². The smallest absolute Gasteiger partial charge is 0.274 e. The van der Waals surface area contributed by atoms with Crippen molar-refractivity contribution < 1.29 is 19.0 Å². The zero-order valence-corrected chi connectivity index (χ0v) is 14.9. The summed E-state index contributed by atoms with van der Waals surface area (Å²) in [7, 11) is 4.54. The molecule has 1 aromatic heterocycles. The number of hydrogen-bond donors (Lipinski definition) is 2. The predicted octanol–water partition coefficient (Wildman–Crippen LogP) is 2.58. The molecule has 0 spiro atoms. The van der Waals surface area contributed by atoms with Crippen LogP contribution in [0.2, 0.25) is 0 Å². The van der Waals surface area contributed by atoms with Gasteiger partial charge in [-0.2, -0.15) is 0 Å². The minimum atomic E-state index is -0.372. The molecule has 0 aliphatic carbocycles. The minimum Gasteiger partial charge on any atom is -0.493 e. The van der Waals surface area contributed by atoms with Crippen LogP contribution in [0.1, 0.15) is 24.3 Å². The normalized spacial score (nSPS) is 10.3. The molecule has 8 nitrogen and oxygen atoms in total. The second kappa shape index (κ2) is 8.18. The average Bonchev–Trinajstić information content (AvgIpc) is 2.60. The second-order valence-electron chi connectivity index (χ2n) is 5.43. The van der Waals surface area contributed by atoms with E-state index < -0.39 is 0 Å². The summed E-state index contributed by atoms with van der Waals surface area (Å²) in [6.45, 7) is 3.93. The Bertz CT molecular complexity index is 724. The molecule has 0 saturated carbocycles. The van der Waals surface area contributed by atoms with Gasteiger partial charge in [0.25, 0.3) is 5.91 Å². The molecule has 25 heavy (non-hydrogen) atoms. The fourth-order valence-electron chi connectivity index (χ4n) is 2.16. The first kappa shape index (κ1) is 18.3. The third kappa shape index (κ3) is 4.50. The number of hydrogen-bond acceptors (Lipinski definition) is 7. The van der Waals surface area contributed by atoms with Gasteiger partial charge in [-0.15, -0.1) is 0 Å². The van der Waals surface area contributed by atoms with Gasteiger partial charge in [-0.1, -0.05) is 0 Å². The Kier molecular flexibility index (Phi) is 5.99. The Morgan fingerprint density at radius 3 is 2.24 bits per heavy atom. The number of carbonyl (C=O) groups excluding carboxylic acids is 1. The van der Waals surface area contributed by atoms with Gasteiger partial charge in [-0.05, 0) is 19.9 Å². The van der Waals surface area contributed by atoms with Crippen molar-refractivity contribution in [2.45, 2.75) is 19.9 Å². The van der Waals surface area contributed by atoms with Crippen LogP contribution >= 0.6 is 0 Å². The summed E-state index contributed by atoms with van der Waals surface area (Å²) in [5.74, 6) is 1.37. The van der Waals surface area contributed by atoms with E-state index in [9.17, 15) is 4.79 Å². The van der Waals surface area contributed by atoms with Crippen LogP contribution in [0.5, 0.6) is 17.2 Å². The lowest BCUT2D eigenvalue weighted by molar-refractivity contribution is 0.102. The van der Waals surface area contributed by atoms with E-state index in [0.717, 1.165) is 0 Å². The lowest BCUT2D eigenvalue weighted by Crippen LogP contribution is -2.17. The predicted molar refractivity (Wildman–Crippen MR) is 94.8 cm³/mol. The Morgan fingerprint density at radius 2 is 1.72 bits per heavy atom. The fourth-order valence-corrected chi connectivity index (χ4v) is 2.16. The van der Waals surface area contributed by atoms with E-state index in [1.807, 2.05) is 13.8 Å². The molecule has 2 rings (SSSR count). The Hall–Kier alpha value is -3.03. The molecule has 8 heteroatoms. The molecule has 0 aliphatic heterocycles. The number of carbonyl (C=O) groups is 1. The molecule has 0 atom stereocenters. The molecular formula is C17H22N4O4. The van der Waals surface area contributed by atoms with Gasteiger partial charge < -0.3 is 24.8 Å².